The molecular formula is C11H8O4S. The van der Waals surface area contributed by atoms with Crippen LogP contribution in [0.15, 0.2) is 12.1 Å². The van der Waals surface area contributed by atoms with E-state index in [-0.39, 0.29) is 18.6 Å². The van der Waals surface area contributed by atoms with Crippen molar-refractivity contribution >= 4 is 29.4 Å². The molecule has 5 heteroatoms. The van der Waals surface area contributed by atoms with E-state index in [1.54, 1.807) is 12.1 Å². The van der Waals surface area contributed by atoms with E-state index in [4.69, 9.17) is 5.11 Å². The lowest BCUT2D eigenvalue weighted by Crippen LogP contribution is -2.01. The fraction of sp³-hybridized carbons (Fsp3) is 0.182. The number of aliphatic carboxylic acids is 1. The number of carbonyl (C=O) groups is 3. The van der Waals surface area contributed by atoms with Gasteiger partial charge in [-0.15, -0.1) is 11.3 Å². The number of Topliss-reactive ketones (excluding diaryl/α,β-unsaturated/α-hetero) is 1. The summed E-state index contributed by atoms with van der Waals surface area (Å²) in [6.45, 7) is 0. The Balaban J connectivity index is 2.66. The van der Waals surface area contributed by atoms with Crippen molar-refractivity contribution in [2.24, 2.45) is 0 Å². The van der Waals surface area contributed by atoms with Crippen molar-refractivity contribution in [3.63, 3.8) is 0 Å². The van der Waals surface area contributed by atoms with Gasteiger partial charge in [-0.1, -0.05) is 0 Å². The molecule has 0 aromatic carbocycles. The van der Waals surface area contributed by atoms with Gasteiger partial charge in [0.2, 0.25) is 0 Å². The van der Waals surface area contributed by atoms with E-state index < -0.39 is 5.97 Å². The lowest BCUT2D eigenvalue weighted by molar-refractivity contribution is -0.136. The third kappa shape index (κ3) is 3.67. The van der Waals surface area contributed by atoms with Gasteiger partial charge in [0, 0.05) is 6.42 Å². The normalized spacial score (nSPS) is 9.00. The number of carboxylic acids is 1. The summed E-state index contributed by atoms with van der Waals surface area (Å²) < 4.78 is 0. The third-order valence-electron chi connectivity index (χ3n) is 1.70. The number of carboxylic acid groups (broad SMARTS) is 1. The summed E-state index contributed by atoms with van der Waals surface area (Å²) in [5.41, 5.74) is 0. The Morgan fingerprint density at radius 1 is 1.38 bits per heavy atom. The van der Waals surface area contributed by atoms with E-state index in [2.05, 4.69) is 11.8 Å². The van der Waals surface area contributed by atoms with Crippen molar-refractivity contribution in [3.05, 3.63) is 21.9 Å². The van der Waals surface area contributed by atoms with Crippen molar-refractivity contribution in [1.82, 2.24) is 0 Å². The number of hydrogen-bond acceptors (Lipinski definition) is 4. The minimum atomic E-state index is -0.995. The Bertz CT molecular complexity index is 476. The Labute approximate surface area is 95.9 Å². The van der Waals surface area contributed by atoms with Gasteiger partial charge in [0.25, 0.3) is 0 Å². The molecule has 1 heterocycles. The molecule has 4 nitrogen and oxygen atoms in total. The maximum atomic E-state index is 11.5. The molecule has 0 bridgehead atoms. The molecule has 0 atom stereocenters. The highest BCUT2D eigenvalue weighted by atomic mass is 32.1. The average molecular weight is 236 g/mol. The second kappa shape index (κ2) is 5.83. The van der Waals surface area contributed by atoms with Crippen LogP contribution in [0.25, 0.3) is 0 Å². The highest BCUT2D eigenvalue weighted by molar-refractivity contribution is 7.14. The number of aldehydes is 1. The molecular weight excluding hydrogens is 228 g/mol. The van der Waals surface area contributed by atoms with Crippen LogP contribution < -0.4 is 0 Å². The molecule has 1 rings (SSSR count). The predicted molar refractivity (Wildman–Crippen MR) is 58.5 cm³/mol. The number of hydrogen-bond donors (Lipinski definition) is 1. The molecule has 0 fully saturated rings. The van der Waals surface area contributed by atoms with Crippen LogP contribution in [-0.4, -0.2) is 23.1 Å². The highest BCUT2D eigenvalue weighted by Crippen LogP contribution is 2.17. The van der Waals surface area contributed by atoms with Crippen LogP contribution >= 0.6 is 11.3 Å². The standard InChI is InChI=1S/C11H8O4S/c12-7-1-2-8-3-5-10(16-8)9(13)4-6-11(14)15/h3,5,7H,4,6H2,(H,14,15). The minimum Gasteiger partial charge on any atom is -0.481 e. The molecule has 0 spiro atoms. The predicted octanol–water partition coefficient (Wildman–Crippen LogP) is 1.35. The van der Waals surface area contributed by atoms with E-state index >= 15 is 0 Å². The molecule has 0 saturated carbocycles. The van der Waals surface area contributed by atoms with Gasteiger partial charge >= 0.3 is 5.97 Å². The molecule has 16 heavy (non-hydrogen) atoms. The van der Waals surface area contributed by atoms with Gasteiger partial charge < -0.3 is 5.11 Å². The van der Waals surface area contributed by atoms with Crippen molar-refractivity contribution in [2.75, 3.05) is 0 Å². The van der Waals surface area contributed by atoms with Crippen LogP contribution in [0.5, 0.6) is 0 Å². The third-order valence-corrected chi connectivity index (χ3v) is 2.74. The van der Waals surface area contributed by atoms with Gasteiger partial charge in [0.15, 0.2) is 12.1 Å². The van der Waals surface area contributed by atoms with Gasteiger partial charge in [0.05, 0.1) is 16.2 Å². The van der Waals surface area contributed by atoms with Crippen molar-refractivity contribution < 1.29 is 19.5 Å². The van der Waals surface area contributed by atoms with Gasteiger partial charge in [-0.2, -0.15) is 0 Å². The number of ketones is 1. The summed E-state index contributed by atoms with van der Waals surface area (Å²) in [5.74, 6) is 3.60. The van der Waals surface area contributed by atoms with Crippen LogP contribution in [0.4, 0.5) is 0 Å². The maximum absolute atomic E-state index is 11.5. The van der Waals surface area contributed by atoms with Gasteiger partial charge in [0.1, 0.15) is 0 Å². The van der Waals surface area contributed by atoms with Crippen LogP contribution in [0.3, 0.4) is 0 Å². The topological polar surface area (TPSA) is 71.4 Å². The first-order valence-corrected chi connectivity index (χ1v) is 5.25. The highest BCUT2D eigenvalue weighted by Gasteiger charge is 2.10. The van der Waals surface area contributed by atoms with E-state index in [0.717, 1.165) is 11.3 Å². The molecule has 0 unspecified atom stereocenters. The zero-order valence-corrected chi connectivity index (χ0v) is 9.04. The molecule has 0 aliphatic heterocycles. The summed E-state index contributed by atoms with van der Waals surface area (Å²) in [5, 5.41) is 8.42. The molecule has 1 N–H and O–H groups in total. The molecule has 0 saturated heterocycles. The monoisotopic (exact) mass is 236 g/mol. The molecule has 1 aromatic rings. The second-order valence-electron chi connectivity index (χ2n) is 2.87. The van der Waals surface area contributed by atoms with Crippen LogP contribution in [0.2, 0.25) is 0 Å². The largest absolute Gasteiger partial charge is 0.481 e. The number of carbonyl (C=O) groups excluding carboxylic acids is 2. The van der Waals surface area contributed by atoms with E-state index in [0.29, 0.717) is 16.0 Å². The average Bonchev–Trinajstić information content (AvgIpc) is 2.71. The fourth-order valence-corrected chi connectivity index (χ4v) is 1.83. The van der Waals surface area contributed by atoms with Gasteiger partial charge in [-0.3, -0.25) is 14.4 Å². The van der Waals surface area contributed by atoms with Crippen molar-refractivity contribution in [3.8, 4) is 11.8 Å². The van der Waals surface area contributed by atoms with Crippen LogP contribution in [0.1, 0.15) is 27.4 Å². The fourth-order valence-electron chi connectivity index (χ4n) is 0.999. The van der Waals surface area contributed by atoms with Crippen LogP contribution in [-0.2, 0) is 9.59 Å². The molecule has 0 amide bonds. The van der Waals surface area contributed by atoms with Gasteiger partial charge in [-0.25, -0.2) is 0 Å². The summed E-state index contributed by atoms with van der Waals surface area (Å²) in [6, 6.07) is 3.22. The molecule has 0 aliphatic rings. The summed E-state index contributed by atoms with van der Waals surface area (Å²) in [6.07, 6.45) is 0.286. The molecule has 1 aromatic heterocycles. The van der Waals surface area contributed by atoms with Gasteiger partial charge in [-0.05, 0) is 24.0 Å². The Morgan fingerprint density at radius 3 is 2.75 bits per heavy atom. The SMILES string of the molecule is O=CC#Cc1ccc(C(=O)CCC(=O)O)s1. The first-order valence-electron chi connectivity index (χ1n) is 4.43. The van der Waals surface area contributed by atoms with Crippen molar-refractivity contribution in [1.29, 1.82) is 0 Å². The van der Waals surface area contributed by atoms with E-state index in [1.807, 2.05) is 0 Å². The smallest absolute Gasteiger partial charge is 0.303 e. The minimum absolute atomic E-state index is 0.0175. The first kappa shape index (κ1) is 12.1. The maximum Gasteiger partial charge on any atom is 0.303 e. The van der Waals surface area contributed by atoms with Crippen LogP contribution in [0, 0.1) is 11.8 Å². The molecule has 82 valence electrons. The summed E-state index contributed by atoms with van der Waals surface area (Å²) in [4.78, 5) is 32.8. The zero-order valence-electron chi connectivity index (χ0n) is 8.23. The Kier molecular flexibility index (Phi) is 4.42. The lowest BCUT2D eigenvalue weighted by atomic mass is 10.2. The Hall–Kier alpha value is -1.93. The zero-order chi connectivity index (χ0) is 12.0. The lowest BCUT2D eigenvalue weighted by Gasteiger charge is -1.93. The molecule has 0 aliphatic carbocycles. The summed E-state index contributed by atoms with van der Waals surface area (Å²) >= 11 is 1.16. The van der Waals surface area contributed by atoms with Crippen molar-refractivity contribution in [2.45, 2.75) is 12.8 Å². The number of rotatable bonds is 4. The van der Waals surface area contributed by atoms with E-state index in [9.17, 15) is 14.4 Å². The Morgan fingerprint density at radius 2 is 2.12 bits per heavy atom. The second-order valence-corrected chi connectivity index (χ2v) is 3.95. The van der Waals surface area contributed by atoms with E-state index in [1.165, 1.54) is 0 Å². The summed E-state index contributed by atoms with van der Waals surface area (Å²) in [7, 11) is 0. The molecule has 0 radical (unpaired) electrons. The first-order chi connectivity index (χ1) is 7.63. The quantitative estimate of drug-likeness (QED) is 0.486. The number of thiophene rings is 1.